The Morgan fingerprint density at radius 2 is 1.55 bits per heavy atom. The molecule has 1 rings (SSSR count). The number of nitrogens with zero attached hydrogens (tertiary/aromatic N) is 1. The van der Waals surface area contributed by atoms with Crippen LogP contribution in [0.5, 0.6) is 0 Å². The largest absolute Gasteiger partial charge is 0.376 e. The average molecular weight is 285 g/mol. The zero-order valence-electron chi connectivity index (χ0n) is 14.7. The minimum atomic E-state index is -0.0434. The molecule has 3 nitrogen and oxygen atoms in total. The maximum absolute atomic E-state index is 5.99. The standard InChI is InChI=1S/C17H35NO2/c1-14(20-17(5,6)7)12-18-10-8-15(9-11-18)13-19-16(2,3)4/h14-15H,8-13H2,1-7H3. The first kappa shape index (κ1) is 17.9. The molecule has 1 aliphatic heterocycles. The molecule has 1 atom stereocenters. The van der Waals surface area contributed by atoms with Gasteiger partial charge in [0, 0.05) is 6.54 Å². The van der Waals surface area contributed by atoms with Gasteiger partial charge in [-0.05, 0) is 80.3 Å². The van der Waals surface area contributed by atoms with Crippen LogP contribution >= 0.6 is 0 Å². The average Bonchev–Trinajstić information content (AvgIpc) is 2.24. The molecule has 0 N–H and O–H groups in total. The predicted octanol–water partition coefficient (Wildman–Crippen LogP) is 3.72. The van der Waals surface area contributed by atoms with E-state index in [-0.39, 0.29) is 11.2 Å². The SMILES string of the molecule is CC(CN1CCC(COC(C)(C)C)CC1)OC(C)(C)C. The molecule has 1 fully saturated rings. The van der Waals surface area contributed by atoms with E-state index < -0.39 is 0 Å². The van der Waals surface area contributed by atoms with E-state index in [0.29, 0.717) is 6.10 Å². The van der Waals surface area contributed by atoms with Crippen LogP contribution < -0.4 is 0 Å². The molecule has 0 saturated carbocycles. The monoisotopic (exact) mass is 285 g/mol. The molecule has 1 heterocycles. The second-order valence-corrected chi connectivity index (χ2v) is 8.21. The van der Waals surface area contributed by atoms with Gasteiger partial charge in [0.2, 0.25) is 0 Å². The third-order valence-electron chi connectivity index (χ3n) is 3.53. The Bertz CT molecular complexity index is 270. The first-order chi connectivity index (χ1) is 9.05. The van der Waals surface area contributed by atoms with Crippen molar-refractivity contribution >= 4 is 0 Å². The van der Waals surface area contributed by atoms with Crippen LogP contribution in [0.3, 0.4) is 0 Å². The first-order valence-corrected chi connectivity index (χ1v) is 8.09. The Morgan fingerprint density at radius 3 is 2.00 bits per heavy atom. The highest BCUT2D eigenvalue weighted by Gasteiger charge is 2.24. The van der Waals surface area contributed by atoms with E-state index in [4.69, 9.17) is 9.47 Å². The minimum absolute atomic E-state index is 0.00774. The van der Waals surface area contributed by atoms with Crippen molar-refractivity contribution in [3.63, 3.8) is 0 Å². The number of hydrogen-bond donors (Lipinski definition) is 0. The highest BCUT2D eigenvalue weighted by atomic mass is 16.5. The maximum atomic E-state index is 5.99. The Balaban J connectivity index is 2.22. The molecule has 3 heteroatoms. The van der Waals surface area contributed by atoms with Gasteiger partial charge in [0.1, 0.15) is 0 Å². The highest BCUT2D eigenvalue weighted by Crippen LogP contribution is 2.21. The summed E-state index contributed by atoms with van der Waals surface area (Å²) in [4.78, 5) is 2.53. The number of piperidine rings is 1. The lowest BCUT2D eigenvalue weighted by molar-refractivity contribution is -0.0693. The predicted molar refractivity (Wildman–Crippen MR) is 85.2 cm³/mol. The normalized spacial score (nSPS) is 21.1. The van der Waals surface area contributed by atoms with Crippen LogP contribution in [0.1, 0.15) is 61.3 Å². The maximum Gasteiger partial charge on any atom is 0.0681 e. The molecular weight excluding hydrogens is 250 g/mol. The summed E-state index contributed by atoms with van der Waals surface area (Å²) in [6.07, 6.45) is 2.80. The van der Waals surface area contributed by atoms with Gasteiger partial charge in [-0.3, -0.25) is 0 Å². The Morgan fingerprint density at radius 1 is 1.00 bits per heavy atom. The van der Waals surface area contributed by atoms with Crippen LogP contribution in [0, 0.1) is 5.92 Å². The van der Waals surface area contributed by atoms with Crippen molar-refractivity contribution in [1.29, 1.82) is 0 Å². The summed E-state index contributed by atoms with van der Waals surface area (Å²) >= 11 is 0. The molecule has 1 aliphatic rings. The second-order valence-electron chi connectivity index (χ2n) is 8.21. The van der Waals surface area contributed by atoms with Gasteiger partial charge in [-0.2, -0.15) is 0 Å². The van der Waals surface area contributed by atoms with Crippen molar-refractivity contribution in [2.45, 2.75) is 78.6 Å². The summed E-state index contributed by atoms with van der Waals surface area (Å²) in [7, 11) is 0. The molecule has 0 bridgehead atoms. The zero-order chi connectivity index (χ0) is 15.4. The Kier molecular flexibility index (Phi) is 6.49. The molecule has 120 valence electrons. The Labute approximate surface area is 126 Å². The van der Waals surface area contributed by atoms with Crippen LogP contribution in [0.4, 0.5) is 0 Å². The lowest BCUT2D eigenvalue weighted by Crippen LogP contribution is -2.41. The quantitative estimate of drug-likeness (QED) is 0.768. The van der Waals surface area contributed by atoms with Crippen molar-refractivity contribution in [3.8, 4) is 0 Å². The van der Waals surface area contributed by atoms with E-state index in [2.05, 4.69) is 53.4 Å². The van der Waals surface area contributed by atoms with Gasteiger partial charge in [-0.15, -0.1) is 0 Å². The fourth-order valence-corrected chi connectivity index (χ4v) is 2.71. The topological polar surface area (TPSA) is 21.7 Å². The van der Waals surface area contributed by atoms with E-state index in [1.165, 1.54) is 25.9 Å². The molecule has 20 heavy (non-hydrogen) atoms. The molecule has 1 unspecified atom stereocenters. The summed E-state index contributed by atoms with van der Waals surface area (Å²) in [5, 5.41) is 0. The lowest BCUT2D eigenvalue weighted by Gasteiger charge is -2.35. The third-order valence-corrected chi connectivity index (χ3v) is 3.53. The molecule has 0 radical (unpaired) electrons. The fourth-order valence-electron chi connectivity index (χ4n) is 2.71. The van der Waals surface area contributed by atoms with Crippen LogP contribution in [-0.2, 0) is 9.47 Å². The summed E-state index contributed by atoms with van der Waals surface area (Å²) in [6, 6.07) is 0. The van der Waals surface area contributed by atoms with Crippen LogP contribution in [0.2, 0.25) is 0 Å². The lowest BCUT2D eigenvalue weighted by atomic mass is 9.97. The van der Waals surface area contributed by atoms with Gasteiger partial charge in [0.05, 0.1) is 23.9 Å². The summed E-state index contributed by atoms with van der Waals surface area (Å²) in [6.45, 7) is 19.3. The smallest absolute Gasteiger partial charge is 0.0681 e. The van der Waals surface area contributed by atoms with Crippen molar-refractivity contribution < 1.29 is 9.47 Å². The van der Waals surface area contributed by atoms with Gasteiger partial charge >= 0.3 is 0 Å². The van der Waals surface area contributed by atoms with E-state index in [9.17, 15) is 0 Å². The second kappa shape index (κ2) is 7.24. The number of rotatable bonds is 5. The third kappa shape index (κ3) is 8.23. The molecule has 0 aromatic carbocycles. The number of ether oxygens (including phenoxy) is 2. The number of hydrogen-bond acceptors (Lipinski definition) is 3. The van der Waals surface area contributed by atoms with Gasteiger partial charge in [-0.25, -0.2) is 0 Å². The molecule has 0 amide bonds. The van der Waals surface area contributed by atoms with Crippen molar-refractivity contribution in [1.82, 2.24) is 4.90 Å². The van der Waals surface area contributed by atoms with Gasteiger partial charge in [0.25, 0.3) is 0 Å². The van der Waals surface area contributed by atoms with Crippen molar-refractivity contribution in [2.75, 3.05) is 26.2 Å². The van der Waals surface area contributed by atoms with Gasteiger partial charge < -0.3 is 14.4 Å². The summed E-state index contributed by atoms with van der Waals surface area (Å²) in [5.74, 6) is 0.726. The fraction of sp³-hybridized carbons (Fsp3) is 1.00. The summed E-state index contributed by atoms with van der Waals surface area (Å²) in [5.41, 5.74) is -0.0511. The van der Waals surface area contributed by atoms with E-state index in [0.717, 1.165) is 19.1 Å². The minimum Gasteiger partial charge on any atom is -0.376 e. The van der Waals surface area contributed by atoms with E-state index >= 15 is 0 Å². The Hall–Kier alpha value is -0.120. The molecule has 0 aromatic heterocycles. The van der Waals surface area contributed by atoms with Crippen molar-refractivity contribution in [3.05, 3.63) is 0 Å². The molecule has 0 spiro atoms. The molecule has 1 saturated heterocycles. The molecule has 0 aliphatic carbocycles. The van der Waals surface area contributed by atoms with Gasteiger partial charge in [0.15, 0.2) is 0 Å². The number of likely N-dealkylation sites (tertiary alicyclic amines) is 1. The highest BCUT2D eigenvalue weighted by molar-refractivity contribution is 4.75. The van der Waals surface area contributed by atoms with E-state index in [1.54, 1.807) is 0 Å². The van der Waals surface area contributed by atoms with Crippen LogP contribution in [0.15, 0.2) is 0 Å². The van der Waals surface area contributed by atoms with Gasteiger partial charge in [-0.1, -0.05) is 0 Å². The van der Waals surface area contributed by atoms with Crippen LogP contribution in [-0.4, -0.2) is 48.4 Å². The van der Waals surface area contributed by atoms with E-state index in [1.807, 2.05) is 0 Å². The molecular formula is C17H35NO2. The van der Waals surface area contributed by atoms with Crippen LogP contribution in [0.25, 0.3) is 0 Å². The first-order valence-electron chi connectivity index (χ1n) is 8.09. The molecule has 0 aromatic rings. The summed E-state index contributed by atoms with van der Waals surface area (Å²) < 4.78 is 11.9. The zero-order valence-corrected chi connectivity index (χ0v) is 14.7. The van der Waals surface area contributed by atoms with Crippen molar-refractivity contribution in [2.24, 2.45) is 5.92 Å².